The molecule has 26 heavy (non-hydrogen) atoms. The lowest BCUT2D eigenvalue weighted by Crippen LogP contribution is -2.11. The second-order valence-corrected chi connectivity index (χ2v) is 7.62. The molecule has 0 radical (unpaired) electrons. The van der Waals surface area contributed by atoms with Crippen molar-refractivity contribution in [1.82, 2.24) is 0 Å². The number of rotatable bonds is 9. The van der Waals surface area contributed by atoms with Crippen molar-refractivity contribution in [1.29, 1.82) is 5.26 Å². The minimum atomic E-state index is -3.24. The first kappa shape index (κ1) is 20.0. The van der Waals surface area contributed by atoms with Gasteiger partial charge in [0.05, 0.1) is 41.5 Å². The van der Waals surface area contributed by atoms with Crippen LogP contribution in [0.3, 0.4) is 0 Å². The molecule has 7 heteroatoms. The van der Waals surface area contributed by atoms with Gasteiger partial charge in [-0.3, -0.25) is 4.57 Å². The zero-order valence-corrected chi connectivity index (χ0v) is 16.0. The molecule has 0 saturated heterocycles. The maximum absolute atomic E-state index is 12.7. The van der Waals surface area contributed by atoms with Crippen LogP contribution in [0.5, 0.6) is 0 Å². The van der Waals surface area contributed by atoms with Crippen molar-refractivity contribution in [2.45, 2.75) is 20.3 Å². The van der Waals surface area contributed by atoms with Gasteiger partial charge in [0.25, 0.3) is 0 Å². The lowest BCUT2D eigenvalue weighted by Gasteiger charge is -2.17. The summed E-state index contributed by atoms with van der Waals surface area (Å²) in [7, 11) is -3.24. The lowest BCUT2D eigenvalue weighted by atomic mass is 10.1. The Balaban J connectivity index is 1.97. The van der Waals surface area contributed by atoms with Gasteiger partial charge in [0.15, 0.2) is 0 Å². The van der Waals surface area contributed by atoms with Crippen LogP contribution in [0.25, 0.3) is 0 Å². The average Bonchev–Trinajstić information content (AvgIpc) is 2.64. The van der Waals surface area contributed by atoms with Crippen molar-refractivity contribution < 1.29 is 13.6 Å². The number of nitrogen functional groups attached to an aromatic ring is 1. The summed E-state index contributed by atoms with van der Waals surface area (Å²) in [4.78, 5) is 0. The maximum atomic E-state index is 12.7. The van der Waals surface area contributed by atoms with E-state index < -0.39 is 7.60 Å². The van der Waals surface area contributed by atoms with Gasteiger partial charge in [0.1, 0.15) is 0 Å². The number of nitrogens with zero attached hydrogens (tertiary/aromatic N) is 1. The van der Waals surface area contributed by atoms with Crippen molar-refractivity contribution in [3.63, 3.8) is 0 Å². The van der Waals surface area contributed by atoms with Crippen molar-refractivity contribution in [2.24, 2.45) is 0 Å². The van der Waals surface area contributed by atoms with E-state index in [0.29, 0.717) is 36.3 Å². The first-order chi connectivity index (χ1) is 12.5. The van der Waals surface area contributed by atoms with Gasteiger partial charge < -0.3 is 20.1 Å². The maximum Gasteiger partial charge on any atom is 0.361 e. The van der Waals surface area contributed by atoms with Gasteiger partial charge in [-0.25, -0.2) is 0 Å². The summed E-state index contributed by atoms with van der Waals surface area (Å²) in [5.74, 6) is 0. The molecule has 0 bridgehead atoms. The van der Waals surface area contributed by atoms with Crippen LogP contribution in [-0.2, 0) is 20.0 Å². The van der Waals surface area contributed by atoms with E-state index in [9.17, 15) is 4.57 Å². The lowest BCUT2D eigenvalue weighted by molar-refractivity contribution is 0.230. The van der Waals surface area contributed by atoms with Crippen LogP contribution in [0.4, 0.5) is 11.4 Å². The Labute approximate surface area is 154 Å². The van der Waals surface area contributed by atoms with E-state index >= 15 is 0 Å². The summed E-state index contributed by atoms with van der Waals surface area (Å²) >= 11 is 0. The third-order valence-corrected chi connectivity index (χ3v) is 5.89. The number of nitrogens with one attached hydrogen (secondary N) is 1. The Bertz CT molecular complexity index is 806. The van der Waals surface area contributed by atoms with Crippen LogP contribution in [0.1, 0.15) is 25.0 Å². The summed E-state index contributed by atoms with van der Waals surface area (Å²) in [6.45, 7) is 4.93. The predicted octanol–water partition coefficient (Wildman–Crippen LogP) is 3.69. The molecule has 0 unspecified atom stereocenters. The SMILES string of the molecule is CCOP(=O)(OCC)c1ccc(CCNc2ccc(C#N)cc2N)cc1. The molecule has 0 fully saturated rings. The number of benzene rings is 2. The largest absolute Gasteiger partial charge is 0.397 e. The van der Waals surface area contributed by atoms with Crippen molar-refractivity contribution in [2.75, 3.05) is 30.8 Å². The van der Waals surface area contributed by atoms with Gasteiger partial charge >= 0.3 is 7.60 Å². The average molecular weight is 373 g/mol. The minimum absolute atomic E-state index is 0.328. The molecule has 0 aliphatic carbocycles. The molecule has 0 aliphatic heterocycles. The Morgan fingerprint density at radius 3 is 2.31 bits per heavy atom. The smallest absolute Gasteiger partial charge is 0.361 e. The van der Waals surface area contributed by atoms with Crippen LogP contribution in [-0.4, -0.2) is 19.8 Å². The highest BCUT2D eigenvalue weighted by Gasteiger charge is 2.26. The quantitative estimate of drug-likeness (QED) is 0.514. The third kappa shape index (κ3) is 5.09. The molecule has 0 aliphatic rings. The van der Waals surface area contributed by atoms with E-state index in [1.807, 2.05) is 12.1 Å². The van der Waals surface area contributed by atoms with Crippen LogP contribution < -0.4 is 16.4 Å². The molecule has 0 aromatic heterocycles. The first-order valence-electron chi connectivity index (χ1n) is 8.54. The van der Waals surface area contributed by atoms with Gasteiger partial charge in [-0.15, -0.1) is 0 Å². The zero-order chi connectivity index (χ0) is 19.0. The normalized spacial score (nSPS) is 11.1. The fraction of sp³-hybridized carbons (Fsp3) is 0.316. The molecule has 2 rings (SSSR count). The molecule has 3 N–H and O–H groups in total. The molecule has 0 spiro atoms. The third-order valence-electron chi connectivity index (χ3n) is 3.76. The van der Waals surface area contributed by atoms with Gasteiger partial charge in [0.2, 0.25) is 0 Å². The van der Waals surface area contributed by atoms with E-state index in [-0.39, 0.29) is 0 Å². The summed E-state index contributed by atoms with van der Waals surface area (Å²) in [5.41, 5.74) is 8.91. The van der Waals surface area contributed by atoms with Gasteiger partial charge in [-0.1, -0.05) is 12.1 Å². The van der Waals surface area contributed by atoms with E-state index in [2.05, 4.69) is 11.4 Å². The number of nitrogens with two attached hydrogens (primary N) is 1. The number of nitriles is 1. The Hall–Kier alpha value is -2.32. The molecule has 0 atom stereocenters. The highest BCUT2D eigenvalue weighted by atomic mass is 31.2. The molecule has 138 valence electrons. The van der Waals surface area contributed by atoms with E-state index in [4.69, 9.17) is 20.0 Å². The van der Waals surface area contributed by atoms with Crippen LogP contribution in [0, 0.1) is 11.3 Å². The molecular weight excluding hydrogens is 349 g/mol. The van der Waals surface area contributed by atoms with E-state index in [1.165, 1.54) is 0 Å². The summed E-state index contributed by atoms with van der Waals surface area (Å²) < 4.78 is 23.4. The Morgan fingerprint density at radius 2 is 1.77 bits per heavy atom. The standard InChI is InChI=1S/C19H24N3O3P/c1-3-24-26(23,25-4-2)17-8-5-15(6-9-17)11-12-22-19-10-7-16(14-20)13-18(19)21/h5-10,13,22H,3-4,11-12,21H2,1-2H3. The molecule has 6 nitrogen and oxygen atoms in total. The summed E-state index contributed by atoms with van der Waals surface area (Å²) in [5, 5.41) is 12.7. The Kier molecular flexibility index (Phi) is 7.23. The topological polar surface area (TPSA) is 97.4 Å². The van der Waals surface area contributed by atoms with Gasteiger partial charge in [-0.05, 0) is 56.2 Å². The summed E-state index contributed by atoms with van der Waals surface area (Å²) in [6, 6.07) is 14.7. The first-order valence-corrected chi connectivity index (χ1v) is 10.1. The van der Waals surface area contributed by atoms with Gasteiger partial charge in [-0.2, -0.15) is 5.26 Å². The fourth-order valence-electron chi connectivity index (χ4n) is 2.51. The molecule has 2 aromatic rings. The fourth-order valence-corrected chi connectivity index (χ4v) is 4.07. The van der Waals surface area contributed by atoms with Crippen molar-refractivity contribution in [3.8, 4) is 6.07 Å². The minimum Gasteiger partial charge on any atom is -0.397 e. The number of hydrogen-bond acceptors (Lipinski definition) is 6. The molecule has 2 aromatic carbocycles. The second kappa shape index (κ2) is 9.40. The molecule has 0 heterocycles. The molecule has 0 saturated carbocycles. The second-order valence-electron chi connectivity index (χ2n) is 5.59. The highest BCUT2D eigenvalue weighted by molar-refractivity contribution is 7.62. The number of anilines is 2. The predicted molar refractivity (Wildman–Crippen MR) is 105 cm³/mol. The van der Waals surface area contributed by atoms with Crippen molar-refractivity contribution >= 4 is 24.3 Å². The highest BCUT2D eigenvalue weighted by Crippen LogP contribution is 2.46. The Morgan fingerprint density at radius 1 is 1.12 bits per heavy atom. The molecule has 0 amide bonds. The van der Waals surface area contributed by atoms with Crippen molar-refractivity contribution in [3.05, 3.63) is 53.6 Å². The zero-order valence-electron chi connectivity index (χ0n) is 15.1. The monoisotopic (exact) mass is 373 g/mol. The van der Waals surface area contributed by atoms with Crippen LogP contribution in [0.15, 0.2) is 42.5 Å². The summed E-state index contributed by atoms with van der Waals surface area (Å²) in [6.07, 6.45) is 0.771. The number of hydrogen-bond donors (Lipinski definition) is 2. The van der Waals surface area contributed by atoms with E-state index in [0.717, 1.165) is 17.7 Å². The molecular formula is C19H24N3O3P. The van der Waals surface area contributed by atoms with Gasteiger partial charge in [0, 0.05) is 6.54 Å². The van der Waals surface area contributed by atoms with Crippen LogP contribution in [0.2, 0.25) is 0 Å². The van der Waals surface area contributed by atoms with Crippen LogP contribution >= 0.6 is 7.60 Å². The van der Waals surface area contributed by atoms with E-state index in [1.54, 1.807) is 44.2 Å².